The SMILES string of the molecule is O=C(NCC1CC=CCC1)c1ccc(F)cc1. The molecule has 0 saturated heterocycles. The van der Waals surface area contributed by atoms with Crippen molar-refractivity contribution in [3.8, 4) is 0 Å². The van der Waals surface area contributed by atoms with Crippen molar-refractivity contribution in [3.63, 3.8) is 0 Å². The third-order valence-corrected chi connectivity index (χ3v) is 3.04. The number of rotatable bonds is 3. The smallest absolute Gasteiger partial charge is 0.251 e. The molecule has 2 nitrogen and oxygen atoms in total. The molecule has 1 aromatic carbocycles. The van der Waals surface area contributed by atoms with E-state index in [1.807, 2.05) is 0 Å². The molecule has 1 aliphatic rings. The summed E-state index contributed by atoms with van der Waals surface area (Å²) in [7, 11) is 0. The van der Waals surface area contributed by atoms with E-state index in [-0.39, 0.29) is 11.7 Å². The van der Waals surface area contributed by atoms with Crippen LogP contribution in [0.25, 0.3) is 0 Å². The van der Waals surface area contributed by atoms with Crippen molar-refractivity contribution in [2.45, 2.75) is 19.3 Å². The van der Waals surface area contributed by atoms with Gasteiger partial charge in [0.15, 0.2) is 0 Å². The number of carbonyl (C=O) groups excluding carboxylic acids is 1. The van der Waals surface area contributed by atoms with E-state index in [1.165, 1.54) is 24.3 Å². The number of halogens is 1. The third kappa shape index (κ3) is 3.41. The molecule has 1 N–H and O–H groups in total. The molecule has 0 spiro atoms. The Kier molecular flexibility index (Phi) is 3.91. The van der Waals surface area contributed by atoms with Crippen molar-refractivity contribution in [2.24, 2.45) is 5.92 Å². The van der Waals surface area contributed by atoms with Gasteiger partial charge < -0.3 is 5.32 Å². The molecule has 0 radical (unpaired) electrons. The minimum atomic E-state index is -0.320. The molecule has 1 unspecified atom stereocenters. The first-order valence-electron chi connectivity index (χ1n) is 5.94. The van der Waals surface area contributed by atoms with Crippen LogP contribution < -0.4 is 5.32 Å². The van der Waals surface area contributed by atoms with Crippen LogP contribution >= 0.6 is 0 Å². The van der Waals surface area contributed by atoms with Crippen LogP contribution in [0.4, 0.5) is 4.39 Å². The Morgan fingerprint density at radius 1 is 1.29 bits per heavy atom. The molecule has 0 aromatic heterocycles. The zero-order valence-corrected chi connectivity index (χ0v) is 9.66. The predicted molar refractivity (Wildman–Crippen MR) is 65.2 cm³/mol. The van der Waals surface area contributed by atoms with E-state index in [1.54, 1.807) is 0 Å². The number of nitrogens with one attached hydrogen (secondary N) is 1. The normalized spacial score (nSPS) is 19.0. The van der Waals surface area contributed by atoms with Gasteiger partial charge in [-0.05, 0) is 49.4 Å². The monoisotopic (exact) mass is 233 g/mol. The molecule has 1 aromatic rings. The van der Waals surface area contributed by atoms with Crippen LogP contribution in [-0.4, -0.2) is 12.5 Å². The van der Waals surface area contributed by atoms with E-state index < -0.39 is 0 Å². The van der Waals surface area contributed by atoms with Gasteiger partial charge in [-0.3, -0.25) is 4.79 Å². The van der Waals surface area contributed by atoms with Crippen LogP contribution in [0.3, 0.4) is 0 Å². The Balaban J connectivity index is 1.84. The van der Waals surface area contributed by atoms with Crippen LogP contribution in [0.2, 0.25) is 0 Å². The first-order valence-corrected chi connectivity index (χ1v) is 5.94. The number of amides is 1. The van der Waals surface area contributed by atoms with Crippen LogP contribution in [0.1, 0.15) is 29.6 Å². The van der Waals surface area contributed by atoms with Gasteiger partial charge in [0.05, 0.1) is 0 Å². The fourth-order valence-electron chi connectivity index (χ4n) is 1.98. The van der Waals surface area contributed by atoms with Crippen molar-refractivity contribution < 1.29 is 9.18 Å². The van der Waals surface area contributed by atoms with E-state index >= 15 is 0 Å². The van der Waals surface area contributed by atoms with Gasteiger partial charge in [0.25, 0.3) is 5.91 Å². The van der Waals surface area contributed by atoms with E-state index in [0.717, 1.165) is 19.3 Å². The lowest BCUT2D eigenvalue weighted by molar-refractivity contribution is 0.0946. The van der Waals surface area contributed by atoms with Crippen molar-refractivity contribution >= 4 is 5.91 Å². The summed E-state index contributed by atoms with van der Waals surface area (Å²) >= 11 is 0. The maximum atomic E-state index is 12.7. The van der Waals surface area contributed by atoms with Gasteiger partial charge in [-0.1, -0.05) is 12.2 Å². The first-order chi connectivity index (χ1) is 8.25. The van der Waals surface area contributed by atoms with Gasteiger partial charge in [-0.25, -0.2) is 4.39 Å². The van der Waals surface area contributed by atoms with Gasteiger partial charge in [0, 0.05) is 12.1 Å². The Morgan fingerprint density at radius 3 is 2.71 bits per heavy atom. The molecule has 0 aliphatic heterocycles. The zero-order chi connectivity index (χ0) is 12.1. The first kappa shape index (κ1) is 11.8. The molecular formula is C14H16FNO. The fourth-order valence-corrected chi connectivity index (χ4v) is 1.98. The summed E-state index contributed by atoms with van der Waals surface area (Å²) in [5.41, 5.74) is 0.512. The number of allylic oxidation sites excluding steroid dienone is 2. The lowest BCUT2D eigenvalue weighted by atomic mass is 9.94. The molecule has 0 saturated carbocycles. The second kappa shape index (κ2) is 5.62. The quantitative estimate of drug-likeness (QED) is 0.799. The van der Waals surface area contributed by atoms with E-state index in [2.05, 4.69) is 17.5 Å². The minimum absolute atomic E-state index is 0.125. The molecule has 2 rings (SSSR count). The van der Waals surface area contributed by atoms with E-state index in [9.17, 15) is 9.18 Å². The van der Waals surface area contributed by atoms with Crippen molar-refractivity contribution in [3.05, 3.63) is 47.8 Å². The molecule has 90 valence electrons. The van der Waals surface area contributed by atoms with Crippen LogP contribution in [0.5, 0.6) is 0 Å². The molecule has 1 amide bonds. The minimum Gasteiger partial charge on any atom is -0.352 e. The molecule has 0 heterocycles. The van der Waals surface area contributed by atoms with Crippen LogP contribution in [0, 0.1) is 11.7 Å². The lowest BCUT2D eigenvalue weighted by Crippen LogP contribution is -2.29. The maximum Gasteiger partial charge on any atom is 0.251 e. The van der Waals surface area contributed by atoms with Crippen LogP contribution in [-0.2, 0) is 0 Å². The largest absolute Gasteiger partial charge is 0.352 e. The summed E-state index contributed by atoms with van der Waals surface area (Å²) in [6.07, 6.45) is 7.59. The summed E-state index contributed by atoms with van der Waals surface area (Å²) in [5.74, 6) is 0.0860. The molecule has 1 atom stereocenters. The van der Waals surface area contributed by atoms with Crippen LogP contribution in [0.15, 0.2) is 36.4 Å². The second-order valence-corrected chi connectivity index (χ2v) is 4.37. The van der Waals surface area contributed by atoms with E-state index in [0.29, 0.717) is 18.0 Å². The van der Waals surface area contributed by atoms with Gasteiger partial charge >= 0.3 is 0 Å². The fraction of sp³-hybridized carbons (Fsp3) is 0.357. The van der Waals surface area contributed by atoms with E-state index in [4.69, 9.17) is 0 Å². The maximum absolute atomic E-state index is 12.7. The molecule has 0 bridgehead atoms. The van der Waals surface area contributed by atoms with Gasteiger partial charge in [-0.15, -0.1) is 0 Å². The van der Waals surface area contributed by atoms with Gasteiger partial charge in [-0.2, -0.15) is 0 Å². The Bertz CT molecular complexity index is 411. The van der Waals surface area contributed by atoms with Gasteiger partial charge in [0.1, 0.15) is 5.82 Å². The highest BCUT2D eigenvalue weighted by atomic mass is 19.1. The standard InChI is InChI=1S/C14H16FNO/c15-13-8-6-12(7-9-13)14(17)16-10-11-4-2-1-3-5-11/h1-2,6-9,11H,3-5,10H2,(H,16,17). The molecular weight excluding hydrogens is 217 g/mol. The Labute approximate surface area is 101 Å². The summed E-state index contributed by atoms with van der Waals surface area (Å²) in [6, 6.07) is 5.62. The van der Waals surface area contributed by atoms with Crippen molar-refractivity contribution in [2.75, 3.05) is 6.54 Å². The number of carbonyl (C=O) groups is 1. The van der Waals surface area contributed by atoms with Crippen molar-refractivity contribution in [1.29, 1.82) is 0 Å². The molecule has 17 heavy (non-hydrogen) atoms. The lowest BCUT2D eigenvalue weighted by Gasteiger charge is -2.18. The van der Waals surface area contributed by atoms with Gasteiger partial charge in [0.2, 0.25) is 0 Å². The average molecular weight is 233 g/mol. The average Bonchev–Trinajstić information content (AvgIpc) is 2.38. The summed E-state index contributed by atoms with van der Waals surface area (Å²) in [4.78, 5) is 11.7. The highest BCUT2D eigenvalue weighted by molar-refractivity contribution is 5.94. The molecule has 0 fully saturated rings. The number of benzene rings is 1. The molecule has 3 heteroatoms. The third-order valence-electron chi connectivity index (χ3n) is 3.04. The number of hydrogen-bond acceptors (Lipinski definition) is 1. The van der Waals surface area contributed by atoms with Crippen molar-refractivity contribution in [1.82, 2.24) is 5.32 Å². The topological polar surface area (TPSA) is 29.1 Å². The predicted octanol–water partition coefficient (Wildman–Crippen LogP) is 2.91. The summed E-state index contributed by atoms with van der Waals surface area (Å²) < 4.78 is 12.7. The molecule has 1 aliphatic carbocycles. The summed E-state index contributed by atoms with van der Waals surface area (Å²) in [6.45, 7) is 0.695. The highest BCUT2D eigenvalue weighted by Crippen LogP contribution is 2.17. The Hall–Kier alpha value is -1.64. The zero-order valence-electron chi connectivity index (χ0n) is 9.66. The summed E-state index contributed by atoms with van der Waals surface area (Å²) in [5, 5.41) is 2.89. The Morgan fingerprint density at radius 2 is 2.06 bits per heavy atom. The number of hydrogen-bond donors (Lipinski definition) is 1. The second-order valence-electron chi connectivity index (χ2n) is 4.37. The highest BCUT2D eigenvalue weighted by Gasteiger charge is 2.12.